The van der Waals surface area contributed by atoms with Gasteiger partial charge in [0.05, 0.1) is 10.8 Å². The second-order valence-corrected chi connectivity index (χ2v) is 8.06. The fourth-order valence-electron chi connectivity index (χ4n) is 2.68. The summed E-state index contributed by atoms with van der Waals surface area (Å²) in [5, 5.41) is 5.04. The van der Waals surface area contributed by atoms with Gasteiger partial charge in [0, 0.05) is 21.8 Å². The Hall–Kier alpha value is -3.65. The first kappa shape index (κ1) is 22.0. The maximum absolute atomic E-state index is 13.7. The Morgan fingerprint density at radius 2 is 1.45 bits per heavy atom. The van der Waals surface area contributed by atoms with Crippen LogP contribution in [-0.2, 0) is 4.79 Å². The molecule has 4 N–H and O–H groups in total. The van der Waals surface area contributed by atoms with E-state index in [-0.39, 0.29) is 11.5 Å². The summed E-state index contributed by atoms with van der Waals surface area (Å²) in [4.78, 5) is 36.5. The van der Waals surface area contributed by atoms with E-state index in [9.17, 15) is 18.8 Å². The molecule has 0 bridgehead atoms. The van der Waals surface area contributed by atoms with Gasteiger partial charge in [-0.2, -0.15) is 0 Å². The lowest BCUT2D eigenvalue weighted by Gasteiger charge is -2.13. The van der Waals surface area contributed by atoms with Crippen molar-refractivity contribution in [3.63, 3.8) is 0 Å². The Bertz CT molecular complexity index is 1100. The van der Waals surface area contributed by atoms with Crippen molar-refractivity contribution in [2.24, 2.45) is 5.73 Å². The van der Waals surface area contributed by atoms with Crippen molar-refractivity contribution < 1.29 is 18.8 Å². The molecule has 3 aromatic rings. The van der Waals surface area contributed by atoms with E-state index >= 15 is 0 Å². The van der Waals surface area contributed by atoms with Gasteiger partial charge in [0.2, 0.25) is 11.8 Å². The molecule has 1 unspecified atom stereocenters. The van der Waals surface area contributed by atoms with E-state index in [4.69, 9.17) is 5.73 Å². The number of nitrogens with one attached hydrogen (secondary N) is 2. The van der Waals surface area contributed by atoms with Crippen LogP contribution in [-0.4, -0.2) is 23.0 Å². The van der Waals surface area contributed by atoms with Gasteiger partial charge < -0.3 is 16.4 Å². The van der Waals surface area contributed by atoms with E-state index in [2.05, 4.69) is 10.6 Å². The van der Waals surface area contributed by atoms with E-state index in [0.717, 1.165) is 4.90 Å². The zero-order valence-electron chi connectivity index (χ0n) is 16.6. The average Bonchev–Trinajstić information content (AvgIpc) is 2.75. The molecule has 0 saturated heterocycles. The summed E-state index contributed by atoms with van der Waals surface area (Å²) in [7, 11) is 0. The fourth-order valence-corrected chi connectivity index (χ4v) is 3.55. The molecule has 0 aliphatic rings. The topological polar surface area (TPSA) is 101 Å². The van der Waals surface area contributed by atoms with Crippen molar-refractivity contribution in [2.45, 2.75) is 17.1 Å². The van der Waals surface area contributed by atoms with Crippen molar-refractivity contribution in [2.75, 3.05) is 10.6 Å². The van der Waals surface area contributed by atoms with Gasteiger partial charge in [0.15, 0.2) is 0 Å². The molecule has 0 aromatic heterocycles. The molecule has 158 valence electrons. The number of anilines is 2. The zero-order valence-corrected chi connectivity index (χ0v) is 17.4. The van der Waals surface area contributed by atoms with Crippen molar-refractivity contribution in [1.29, 1.82) is 0 Å². The number of primary amides is 1. The van der Waals surface area contributed by atoms with Crippen LogP contribution in [0.3, 0.4) is 0 Å². The Kier molecular flexibility index (Phi) is 7.04. The van der Waals surface area contributed by atoms with Crippen molar-refractivity contribution in [3.05, 3.63) is 89.7 Å². The molecule has 0 aliphatic heterocycles. The summed E-state index contributed by atoms with van der Waals surface area (Å²) in [5.41, 5.74) is 6.62. The standard InChI is InChI=1S/C23H20FN3O3S/c1-14(22(29)26-16-8-6-15(7-9-16)21(25)28)31-18-12-10-17(11-13-18)27-23(30)19-4-2-3-5-20(19)24/h2-14H,1H3,(H2,25,28)(H,26,29)(H,27,30). The minimum atomic E-state index is -0.587. The first-order valence-corrected chi connectivity index (χ1v) is 10.2. The average molecular weight is 437 g/mol. The number of hydrogen-bond donors (Lipinski definition) is 3. The molecule has 0 aliphatic carbocycles. The van der Waals surface area contributed by atoms with Gasteiger partial charge in [0.1, 0.15) is 5.82 Å². The van der Waals surface area contributed by atoms with Crippen molar-refractivity contribution in [1.82, 2.24) is 0 Å². The smallest absolute Gasteiger partial charge is 0.258 e. The van der Waals surface area contributed by atoms with Gasteiger partial charge >= 0.3 is 0 Å². The maximum atomic E-state index is 13.7. The Morgan fingerprint density at radius 3 is 2.06 bits per heavy atom. The van der Waals surface area contributed by atoms with Gasteiger partial charge in [0.25, 0.3) is 5.91 Å². The van der Waals surface area contributed by atoms with Gasteiger partial charge in [-0.15, -0.1) is 11.8 Å². The third-order valence-electron chi connectivity index (χ3n) is 4.35. The predicted molar refractivity (Wildman–Crippen MR) is 120 cm³/mol. The lowest BCUT2D eigenvalue weighted by Crippen LogP contribution is -2.22. The largest absolute Gasteiger partial charge is 0.366 e. The summed E-state index contributed by atoms with van der Waals surface area (Å²) < 4.78 is 13.7. The number of benzene rings is 3. The van der Waals surface area contributed by atoms with Gasteiger partial charge in [-0.1, -0.05) is 12.1 Å². The Labute approximate surface area is 183 Å². The highest BCUT2D eigenvalue weighted by atomic mass is 32.2. The van der Waals surface area contributed by atoms with Crippen LogP contribution < -0.4 is 16.4 Å². The minimum Gasteiger partial charge on any atom is -0.366 e. The number of thioether (sulfide) groups is 1. The lowest BCUT2D eigenvalue weighted by molar-refractivity contribution is -0.115. The molecule has 0 fully saturated rings. The minimum absolute atomic E-state index is 0.0323. The highest BCUT2D eigenvalue weighted by Crippen LogP contribution is 2.26. The fraction of sp³-hybridized carbons (Fsp3) is 0.0870. The third-order valence-corrected chi connectivity index (χ3v) is 5.46. The van der Waals surface area contributed by atoms with Crippen LogP contribution in [0.25, 0.3) is 0 Å². The van der Waals surface area contributed by atoms with Crippen LogP contribution in [0.15, 0.2) is 77.7 Å². The van der Waals surface area contributed by atoms with E-state index in [1.54, 1.807) is 61.5 Å². The van der Waals surface area contributed by atoms with E-state index in [1.165, 1.54) is 30.0 Å². The summed E-state index contributed by atoms with van der Waals surface area (Å²) in [5.74, 6) is -1.85. The number of halogens is 1. The highest BCUT2D eigenvalue weighted by Gasteiger charge is 2.15. The summed E-state index contributed by atoms with van der Waals surface area (Å²) in [6, 6.07) is 19.0. The number of amides is 3. The normalized spacial score (nSPS) is 11.4. The molecule has 0 spiro atoms. The monoisotopic (exact) mass is 437 g/mol. The molecule has 3 aromatic carbocycles. The van der Waals surface area contributed by atoms with Crippen LogP contribution in [0.5, 0.6) is 0 Å². The third kappa shape index (κ3) is 5.93. The summed E-state index contributed by atoms with van der Waals surface area (Å²) >= 11 is 1.35. The zero-order chi connectivity index (χ0) is 22.4. The van der Waals surface area contributed by atoms with Crippen molar-refractivity contribution >= 4 is 40.9 Å². The SMILES string of the molecule is CC(Sc1ccc(NC(=O)c2ccccc2F)cc1)C(=O)Nc1ccc(C(N)=O)cc1. The molecule has 0 radical (unpaired) electrons. The van der Waals surface area contributed by atoms with Gasteiger partial charge in [-0.05, 0) is 67.6 Å². The second-order valence-electron chi connectivity index (χ2n) is 6.65. The molecule has 31 heavy (non-hydrogen) atoms. The molecule has 1 atom stereocenters. The maximum Gasteiger partial charge on any atom is 0.258 e. The van der Waals surface area contributed by atoms with Crippen LogP contribution in [0.4, 0.5) is 15.8 Å². The van der Waals surface area contributed by atoms with E-state index in [0.29, 0.717) is 16.9 Å². The van der Waals surface area contributed by atoms with E-state index in [1.807, 2.05) is 0 Å². The number of rotatable bonds is 7. The quantitative estimate of drug-likeness (QED) is 0.480. The van der Waals surface area contributed by atoms with Gasteiger partial charge in [-0.3, -0.25) is 14.4 Å². The lowest BCUT2D eigenvalue weighted by atomic mass is 10.2. The molecular weight excluding hydrogens is 417 g/mol. The van der Waals surface area contributed by atoms with Crippen LogP contribution in [0.2, 0.25) is 0 Å². The number of carbonyl (C=O) groups excluding carboxylic acids is 3. The van der Waals surface area contributed by atoms with Gasteiger partial charge in [-0.25, -0.2) is 4.39 Å². The Morgan fingerprint density at radius 1 is 0.871 bits per heavy atom. The molecule has 0 saturated carbocycles. The number of hydrogen-bond acceptors (Lipinski definition) is 4. The van der Waals surface area contributed by atoms with Crippen LogP contribution in [0, 0.1) is 5.82 Å². The van der Waals surface area contributed by atoms with E-state index < -0.39 is 22.9 Å². The Balaban J connectivity index is 1.56. The number of carbonyl (C=O) groups is 3. The summed E-state index contributed by atoms with van der Waals surface area (Å²) in [6.07, 6.45) is 0. The van der Waals surface area contributed by atoms with Crippen LogP contribution in [0.1, 0.15) is 27.6 Å². The van der Waals surface area contributed by atoms with Crippen LogP contribution >= 0.6 is 11.8 Å². The first-order valence-electron chi connectivity index (χ1n) is 9.37. The number of nitrogens with two attached hydrogens (primary N) is 1. The highest BCUT2D eigenvalue weighted by molar-refractivity contribution is 8.00. The second kappa shape index (κ2) is 9.90. The summed E-state index contributed by atoms with van der Waals surface area (Å²) in [6.45, 7) is 1.77. The molecule has 6 nitrogen and oxygen atoms in total. The predicted octanol–water partition coefficient (Wildman–Crippen LogP) is 4.30. The molecule has 3 amide bonds. The molecule has 3 rings (SSSR count). The molecule has 8 heteroatoms. The molecule has 0 heterocycles. The van der Waals surface area contributed by atoms with Crippen molar-refractivity contribution in [3.8, 4) is 0 Å². The first-order chi connectivity index (χ1) is 14.8. The molecular formula is C23H20FN3O3S.